The highest BCUT2D eigenvalue weighted by Gasteiger charge is 2.22. The van der Waals surface area contributed by atoms with Crippen LogP contribution in [-0.2, 0) is 14.3 Å². The summed E-state index contributed by atoms with van der Waals surface area (Å²) in [5.41, 5.74) is 1.75. The molecule has 0 radical (unpaired) electrons. The number of carbonyl (C=O) groups is 1. The van der Waals surface area contributed by atoms with Crippen molar-refractivity contribution in [2.75, 3.05) is 84.6 Å². The van der Waals surface area contributed by atoms with Crippen molar-refractivity contribution < 1.29 is 14.3 Å². The molecule has 43 heavy (non-hydrogen) atoms. The number of fused-ring (bicyclic) bond motifs is 1. The lowest BCUT2D eigenvalue weighted by Crippen LogP contribution is -2.50. The van der Waals surface area contributed by atoms with Crippen molar-refractivity contribution in [3.05, 3.63) is 66.4 Å². The van der Waals surface area contributed by atoms with Crippen LogP contribution in [0.3, 0.4) is 0 Å². The average molecular weight is 609 g/mol. The molecule has 4 rings (SSSR count). The van der Waals surface area contributed by atoms with E-state index in [0.29, 0.717) is 49.5 Å². The van der Waals surface area contributed by atoms with Crippen LogP contribution in [0.1, 0.15) is 19.8 Å². The number of aliphatic imine (C=N–C) groups is 2. The van der Waals surface area contributed by atoms with Crippen LogP contribution >= 0.6 is 11.6 Å². The highest BCUT2D eigenvalue weighted by atomic mass is 35.5. The van der Waals surface area contributed by atoms with Crippen LogP contribution in [0.15, 0.2) is 71.3 Å². The average Bonchev–Trinajstić information content (AvgIpc) is 3.01. The van der Waals surface area contributed by atoms with Gasteiger partial charge in [0, 0.05) is 77.3 Å². The van der Waals surface area contributed by atoms with Crippen LogP contribution in [0.25, 0.3) is 10.8 Å². The van der Waals surface area contributed by atoms with Gasteiger partial charge >= 0.3 is 0 Å². The van der Waals surface area contributed by atoms with Gasteiger partial charge in [0.1, 0.15) is 12.7 Å². The molecule has 0 spiro atoms. The number of piperazine rings is 1. The molecule has 0 unspecified atom stereocenters. The summed E-state index contributed by atoms with van der Waals surface area (Å²) in [5.74, 6) is 1.61. The third-order valence-electron chi connectivity index (χ3n) is 7.90. The number of morpholine rings is 1. The van der Waals surface area contributed by atoms with Gasteiger partial charge < -0.3 is 29.1 Å². The van der Waals surface area contributed by atoms with Crippen molar-refractivity contribution in [3.63, 3.8) is 0 Å². The van der Waals surface area contributed by atoms with E-state index in [-0.39, 0.29) is 12.0 Å². The highest BCUT2D eigenvalue weighted by molar-refractivity contribution is 6.36. The topological polar surface area (TPSA) is 73.2 Å². The van der Waals surface area contributed by atoms with Crippen LogP contribution in [0.2, 0.25) is 5.02 Å². The molecule has 1 amide bonds. The molecule has 0 aliphatic carbocycles. The quantitative estimate of drug-likeness (QED) is 0.209. The first-order valence-electron chi connectivity index (χ1n) is 15.0. The van der Waals surface area contributed by atoms with E-state index in [2.05, 4.69) is 64.2 Å². The standard InChI is InChI=1S/C33H45ClN6O3/c1-6-32(41)39-18-16-38(17-19-39)31(35-4)14-9-15-40(30-13-8-11-27-10-7-12-29(34)33(27)30)22-25(2)36-26(3)43-24-28-23-37(5)20-21-42-28/h6-8,10-13,28H,1-2,9,14-24H2,3-5H3/b35-31+,36-26+/t28-/m1/s1. The lowest BCUT2D eigenvalue weighted by atomic mass is 10.1. The summed E-state index contributed by atoms with van der Waals surface area (Å²) in [7, 11) is 3.93. The molecule has 2 saturated heterocycles. The Morgan fingerprint density at radius 1 is 1.16 bits per heavy atom. The molecular weight excluding hydrogens is 564 g/mol. The number of amidine groups is 1. The third-order valence-corrected chi connectivity index (χ3v) is 8.21. The number of benzene rings is 2. The Labute approximate surface area is 261 Å². The number of carbonyl (C=O) groups excluding carboxylic acids is 1. The molecule has 2 aromatic carbocycles. The van der Waals surface area contributed by atoms with Gasteiger partial charge in [-0.1, -0.05) is 49.0 Å². The van der Waals surface area contributed by atoms with Gasteiger partial charge in [-0.25, -0.2) is 4.99 Å². The van der Waals surface area contributed by atoms with Gasteiger partial charge in [-0.2, -0.15) is 0 Å². The predicted molar refractivity (Wildman–Crippen MR) is 178 cm³/mol. The van der Waals surface area contributed by atoms with E-state index >= 15 is 0 Å². The van der Waals surface area contributed by atoms with Crippen LogP contribution in [0, 0.1) is 0 Å². The van der Waals surface area contributed by atoms with Gasteiger partial charge in [0.05, 0.1) is 29.7 Å². The summed E-state index contributed by atoms with van der Waals surface area (Å²) in [6.07, 6.45) is 3.10. The van der Waals surface area contributed by atoms with Crippen LogP contribution in [-0.4, -0.2) is 118 Å². The molecule has 9 nitrogen and oxygen atoms in total. The molecule has 1 atom stereocenters. The Bertz CT molecular complexity index is 1330. The number of rotatable bonds is 11. The lowest BCUT2D eigenvalue weighted by Gasteiger charge is -2.36. The van der Waals surface area contributed by atoms with E-state index < -0.39 is 0 Å². The normalized spacial score (nSPS) is 18.6. The first-order valence-corrected chi connectivity index (χ1v) is 15.4. The molecule has 0 N–H and O–H groups in total. The fraction of sp³-hybridized carbons (Fsp3) is 0.485. The fourth-order valence-electron chi connectivity index (χ4n) is 5.67. The first-order chi connectivity index (χ1) is 20.8. The Morgan fingerprint density at radius 3 is 2.58 bits per heavy atom. The van der Waals surface area contributed by atoms with E-state index in [1.165, 1.54) is 6.08 Å². The molecule has 10 heteroatoms. The molecule has 2 aliphatic rings. The summed E-state index contributed by atoms with van der Waals surface area (Å²) < 4.78 is 11.8. The van der Waals surface area contributed by atoms with Crippen LogP contribution < -0.4 is 4.90 Å². The minimum absolute atomic E-state index is 0.0162. The molecule has 2 fully saturated rings. The number of hydrogen-bond donors (Lipinski definition) is 0. The molecule has 0 saturated carbocycles. The third kappa shape index (κ3) is 9.05. The SMILES string of the molecule is C=CC(=O)N1CCN(/C(CCCN(CC(=C)/N=C(\C)OC[C@H]2CN(C)CCO2)c2cccc3cccc(Cl)c23)=N/C)CC1. The zero-order chi connectivity index (χ0) is 30.8. The van der Waals surface area contributed by atoms with E-state index in [1.54, 1.807) is 0 Å². The van der Waals surface area contributed by atoms with Gasteiger partial charge in [0.2, 0.25) is 5.91 Å². The summed E-state index contributed by atoms with van der Waals surface area (Å²) in [6, 6.07) is 12.2. The molecule has 2 aromatic rings. The first kappa shape index (κ1) is 32.5. The molecule has 232 valence electrons. The Kier molecular flexibility index (Phi) is 12.0. The summed E-state index contributed by atoms with van der Waals surface area (Å²) in [6.45, 7) is 16.9. The Hall–Kier alpha value is -3.40. The van der Waals surface area contributed by atoms with Gasteiger partial charge in [-0.15, -0.1) is 0 Å². The van der Waals surface area contributed by atoms with Gasteiger partial charge in [0.25, 0.3) is 0 Å². The number of anilines is 1. The minimum Gasteiger partial charge on any atom is -0.478 e. The number of halogens is 1. The maximum Gasteiger partial charge on any atom is 0.246 e. The van der Waals surface area contributed by atoms with Crippen molar-refractivity contribution >= 4 is 45.7 Å². The Balaban J connectivity index is 1.43. The predicted octanol–water partition coefficient (Wildman–Crippen LogP) is 4.72. The highest BCUT2D eigenvalue weighted by Crippen LogP contribution is 2.33. The van der Waals surface area contributed by atoms with E-state index in [1.807, 2.05) is 31.0 Å². The van der Waals surface area contributed by atoms with Gasteiger partial charge in [0.15, 0.2) is 5.90 Å². The lowest BCUT2D eigenvalue weighted by molar-refractivity contribution is -0.127. The molecule has 2 heterocycles. The zero-order valence-electron chi connectivity index (χ0n) is 25.8. The number of ether oxygens (including phenoxy) is 2. The van der Waals surface area contributed by atoms with Crippen molar-refractivity contribution in [1.82, 2.24) is 14.7 Å². The maximum absolute atomic E-state index is 12.0. The second-order valence-electron chi connectivity index (χ2n) is 11.1. The Morgan fingerprint density at radius 2 is 1.88 bits per heavy atom. The zero-order valence-corrected chi connectivity index (χ0v) is 26.6. The maximum atomic E-state index is 12.0. The van der Waals surface area contributed by atoms with E-state index in [4.69, 9.17) is 26.1 Å². The fourth-order valence-corrected chi connectivity index (χ4v) is 5.95. The largest absolute Gasteiger partial charge is 0.478 e. The van der Waals surface area contributed by atoms with Crippen LogP contribution in [0.4, 0.5) is 5.69 Å². The number of nitrogens with zero attached hydrogens (tertiary/aromatic N) is 6. The second kappa shape index (κ2) is 15.9. The van der Waals surface area contributed by atoms with Gasteiger partial charge in [-0.3, -0.25) is 9.79 Å². The number of likely N-dealkylation sites (N-methyl/N-ethyl adjacent to an activating group) is 1. The summed E-state index contributed by atoms with van der Waals surface area (Å²) >= 11 is 6.73. The monoisotopic (exact) mass is 608 g/mol. The van der Waals surface area contributed by atoms with Crippen molar-refractivity contribution in [1.29, 1.82) is 0 Å². The number of hydrogen-bond acceptors (Lipinski definition) is 7. The molecule has 0 bridgehead atoms. The summed E-state index contributed by atoms with van der Waals surface area (Å²) in [5, 5.41) is 2.82. The van der Waals surface area contributed by atoms with Crippen molar-refractivity contribution in [2.24, 2.45) is 9.98 Å². The van der Waals surface area contributed by atoms with Gasteiger partial charge in [-0.05, 0) is 37.1 Å². The summed E-state index contributed by atoms with van der Waals surface area (Å²) in [4.78, 5) is 30.0. The van der Waals surface area contributed by atoms with Crippen molar-refractivity contribution in [2.45, 2.75) is 25.9 Å². The minimum atomic E-state index is -0.0162. The van der Waals surface area contributed by atoms with E-state index in [9.17, 15) is 4.79 Å². The molecule has 0 aromatic heterocycles. The second-order valence-corrected chi connectivity index (χ2v) is 11.5. The van der Waals surface area contributed by atoms with E-state index in [0.717, 1.165) is 67.9 Å². The molecular formula is C33H45ClN6O3. The van der Waals surface area contributed by atoms with Crippen LogP contribution in [0.5, 0.6) is 0 Å². The molecule has 2 aliphatic heterocycles. The smallest absolute Gasteiger partial charge is 0.246 e. The van der Waals surface area contributed by atoms with Crippen molar-refractivity contribution in [3.8, 4) is 0 Å². The number of amides is 1.